The van der Waals surface area contributed by atoms with Crippen molar-refractivity contribution in [1.29, 1.82) is 0 Å². The molecular formula is C12H8BrF7O2. The molecule has 0 saturated carbocycles. The fourth-order valence-corrected chi connectivity index (χ4v) is 1.92. The van der Waals surface area contributed by atoms with Crippen molar-refractivity contribution in [2.24, 2.45) is 0 Å². The summed E-state index contributed by atoms with van der Waals surface area (Å²) in [6.45, 7) is -0.857. The van der Waals surface area contributed by atoms with Gasteiger partial charge in [0.2, 0.25) is 0 Å². The smallest absolute Gasteiger partial charge is 0.456 e. The third kappa shape index (κ3) is 3.53. The molecule has 0 saturated heterocycles. The lowest BCUT2D eigenvalue weighted by atomic mass is 10.1. The summed E-state index contributed by atoms with van der Waals surface area (Å²) in [6, 6.07) is 5.91. The maximum Gasteiger partial charge on any atom is 0.460 e. The minimum atomic E-state index is -6.58. The number of benzene rings is 1. The van der Waals surface area contributed by atoms with Crippen molar-refractivity contribution in [2.45, 2.75) is 30.0 Å². The van der Waals surface area contributed by atoms with Crippen molar-refractivity contribution in [1.82, 2.24) is 0 Å². The number of halogens is 8. The number of esters is 1. The Balaban J connectivity index is 2.89. The Morgan fingerprint density at radius 3 is 1.95 bits per heavy atom. The van der Waals surface area contributed by atoms with Gasteiger partial charge in [-0.05, 0) is 11.1 Å². The van der Waals surface area contributed by atoms with Gasteiger partial charge in [0.05, 0.1) is 0 Å². The molecule has 10 heteroatoms. The summed E-state index contributed by atoms with van der Waals surface area (Å²) >= 11 is 3.06. The molecule has 1 aromatic rings. The normalized spacial score (nSPS) is 13.1. The van der Waals surface area contributed by atoms with Crippen LogP contribution in [0.25, 0.3) is 0 Å². The first-order valence-electron chi connectivity index (χ1n) is 5.57. The maximum absolute atomic E-state index is 13.0. The van der Waals surface area contributed by atoms with Gasteiger partial charge < -0.3 is 4.74 Å². The van der Waals surface area contributed by atoms with E-state index >= 15 is 0 Å². The lowest BCUT2D eigenvalue weighted by molar-refractivity contribution is -0.348. The maximum atomic E-state index is 13.0. The van der Waals surface area contributed by atoms with Crippen LogP contribution in [0.1, 0.15) is 11.1 Å². The third-order valence-electron chi connectivity index (χ3n) is 2.63. The number of alkyl halides is 8. The van der Waals surface area contributed by atoms with Crippen LogP contribution in [0.15, 0.2) is 24.3 Å². The molecule has 1 rings (SSSR count). The lowest BCUT2D eigenvalue weighted by Crippen LogP contribution is -2.56. The highest BCUT2D eigenvalue weighted by molar-refractivity contribution is 9.08. The molecule has 0 N–H and O–H groups in total. The van der Waals surface area contributed by atoms with Crippen molar-refractivity contribution < 1.29 is 40.3 Å². The summed E-state index contributed by atoms with van der Waals surface area (Å²) in [5.41, 5.74) is 0.694. The van der Waals surface area contributed by atoms with Crippen molar-refractivity contribution in [3.05, 3.63) is 35.4 Å². The monoisotopic (exact) mass is 396 g/mol. The quantitative estimate of drug-likeness (QED) is 0.417. The van der Waals surface area contributed by atoms with Gasteiger partial charge in [-0.1, -0.05) is 40.2 Å². The molecule has 0 radical (unpaired) electrons. The predicted octanol–water partition coefficient (Wildman–Crippen LogP) is 4.46. The van der Waals surface area contributed by atoms with Crippen molar-refractivity contribution in [3.8, 4) is 0 Å². The van der Waals surface area contributed by atoms with E-state index in [1.807, 2.05) is 0 Å². The molecule has 0 heterocycles. The SMILES string of the molecule is O=C(OCc1ccccc1CBr)C(F)(F)C(F)(F)C(F)(F)F. The van der Waals surface area contributed by atoms with Crippen LogP contribution in [-0.4, -0.2) is 24.0 Å². The van der Waals surface area contributed by atoms with Gasteiger partial charge in [0, 0.05) is 5.33 Å². The molecule has 0 atom stereocenters. The topological polar surface area (TPSA) is 26.3 Å². The van der Waals surface area contributed by atoms with Crippen LogP contribution in [0, 0.1) is 0 Å². The zero-order valence-electron chi connectivity index (χ0n) is 10.6. The molecule has 0 bridgehead atoms. The molecule has 124 valence electrons. The van der Waals surface area contributed by atoms with Crippen molar-refractivity contribution in [2.75, 3.05) is 0 Å². The minimum absolute atomic E-state index is 0.193. The average Bonchev–Trinajstić information content (AvgIpc) is 2.43. The van der Waals surface area contributed by atoms with Crippen LogP contribution in [0.2, 0.25) is 0 Å². The summed E-state index contributed by atoms with van der Waals surface area (Å²) in [7, 11) is 0. The van der Waals surface area contributed by atoms with E-state index in [2.05, 4.69) is 20.7 Å². The molecular weight excluding hydrogens is 389 g/mol. The van der Waals surface area contributed by atoms with Crippen LogP contribution in [0.3, 0.4) is 0 Å². The first kappa shape index (κ1) is 18.7. The molecule has 0 aromatic heterocycles. The van der Waals surface area contributed by atoms with E-state index in [9.17, 15) is 35.5 Å². The number of carbonyl (C=O) groups excluding carboxylic acids is 1. The average molecular weight is 397 g/mol. The highest BCUT2D eigenvalue weighted by atomic mass is 79.9. The van der Waals surface area contributed by atoms with Gasteiger partial charge in [-0.2, -0.15) is 30.7 Å². The second kappa shape index (κ2) is 6.43. The molecule has 0 aliphatic carbocycles. The van der Waals surface area contributed by atoms with Gasteiger partial charge in [-0.15, -0.1) is 0 Å². The molecule has 0 aliphatic heterocycles. The second-order valence-electron chi connectivity index (χ2n) is 4.13. The lowest BCUT2D eigenvalue weighted by Gasteiger charge is -2.26. The van der Waals surface area contributed by atoms with Crippen LogP contribution >= 0.6 is 15.9 Å². The second-order valence-corrected chi connectivity index (χ2v) is 4.69. The molecule has 0 spiro atoms. The number of hydrogen-bond donors (Lipinski definition) is 0. The number of ether oxygens (including phenoxy) is 1. The first-order valence-corrected chi connectivity index (χ1v) is 6.69. The zero-order valence-corrected chi connectivity index (χ0v) is 12.1. The summed E-state index contributed by atoms with van der Waals surface area (Å²) in [5, 5.41) is 0.246. The highest BCUT2D eigenvalue weighted by Crippen LogP contribution is 2.47. The fourth-order valence-electron chi connectivity index (χ4n) is 1.37. The van der Waals surface area contributed by atoms with Gasteiger partial charge in [0.25, 0.3) is 0 Å². The largest absolute Gasteiger partial charge is 0.460 e. The summed E-state index contributed by atoms with van der Waals surface area (Å²) in [4.78, 5) is 11.0. The van der Waals surface area contributed by atoms with E-state index in [0.717, 1.165) is 0 Å². The van der Waals surface area contributed by atoms with E-state index in [4.69, 9.17) is 0 Å². The predicted molar refractivity (Wildman–Crippen MR) is 64.8 cm³/mol. The van der Waals surface area contributed by atoms with Gasteiger partial charge in [-0.25, -0.2) is 4.79 Å². The van der Waals surface area contributed by atoms with Gasteiger partial charge in [-0.3, -0.25) is 0 Å². The highest BCUT2D eigenvalue weighted by Gasteiger charge is 2.77. The van der Waals surface area contributed by atoms with Crippen LogP contribution < -0.4 is 0 Å². The standard InChI is InChI=1S/C12H8BrF7O2/c13-5-7-3-1-2-4-8(7)6-22-9(21)10(14,15)11(16,17)12(18,19)20/h1-4H,5-6H2. The van der Waals surface area contributed by atoms with Gasteiger partial charge in [0.15, 0.2) is 0 Å². The van der Waals surface area contributed by atoms with Crippen LogP contribution in [-0.2, 0) is 21.5 Å². The Bertz CT molecular complexity index is 543. The molecule has 0 fully saturated rings. The molecule has 0 aliphatic rings. The summed E-state index contributed by atoms with van der Waals surface area (Å²) in [5.74, 6) is -15.5. The van der Waals surface area contributed by atoms with E-state index in [1.54, 1.807) is 6.07 Å². The molecule has 0 unspecified atom stereocenters. The fraction of sp³-hybridized carbons (Fsp3) is 0.417. The molecule has 22 heavy (non-hydrogen) atoms. The van der Waals surface area contributed by atoms with Crippen molar-refractivity contribution in [3.63, 3.8) is 0 Å². The first-order chi connectivity index (χ1) is 9.95. The Morgan fingerprint density at radius 2 is 1.50 bits per heavy atom. The van der Waals surface area contributed by atoms with E-state index < -0.39 is 30.6 Å². The molecule has 1 aromatic carbocycles. The Morgan fingerprint density at radius 1 is 1.00 bits per heavy atom. The van der Waals surface area contributed by atoms with Crippen molar-refractivity contribution >= 4 is 21.9 Å². The third-order valence-corrected chi connectivity index (χ3v) is 3.23. The van der Waals surface area contributed by atoms with E-state index in [0.29, 0.717) is 5.56 Å². The van der Waals surface area contributed by atoms with Gasteiger partial charge >= 0.3 is 24.0 Å². The van der Waals surface area contributed by atoms with Crippen LogP contribution in [0.5, 0.6) is 0 Å². The number of carbonyl (C=O) groups is 1. The minimum Gasteiger partial charge on any atom is -0.456 e. The van der Waals surface area contributed by atoms with E-state index in [1.165, 1.54) is 18.2 Å². The molecule has 2 nitrogen and oxygen atoms in total. The zero-order chi connectivity index (χ0) is 17.2. The summed E-state index contributed by atoms with van der Waals surface area (Å²) < 4.78 is 91.0. The number of rotatable bonds is 5. The van der Waals surface area contributed by atoms with Gasteiger partial charge in [0.1, 0.15) is 6.61 Å². The Hall–Kier alpha value is -1.32. The summed E-state index contributed by atoms with van der Waals surface area (Å²) in [6.07, 6.45) is -6.58. The van der Waals surface area contributed by atoms with Crippen LogP contribution in [0.4, 0.5) is 30.7 Å². The van der Waals surface area contributed by atoms with E-state index in [-0.39, 0.29) is 10.9 Å². The molecule has 0 amide bonds. The number of hydrogen-bond acceptors (Lipinski definition) is 2. The Kier molecular flexibility index (Phi) is 5.47. The Labute approximate surface area is 128 Å².